The molecule has 38 heavy (non-hydrogen) atoms. The van der Waals surface area contributed by atoms with Crippen molar-refractivity contribution >= 4 is 39.6 Å². The van der Waals surface area contributed by atoms with Crippen LogP contribution in [-0.2, 0) is 11.2 Å². The second kappa shape index (κ2) is 11.3. The second-order valence-electron chi connectivity index (χ2n) is 8.34. The van der Waals surface area contributed by atoms with Crippen molar-refractivity contribution in [3.05, 3.63) is 81.3 Å². The molecule has 0 spiro atoms. The van der Waals surface area contributed by atoms with Crippen molar-refractivity contribution in [2.75, 3.05) is 12.4 Å². The SMILES string of the molecule is COc1cc(CC(=O)Nc2nc(-c3sc(C)nc3C)cs2)cc(C(=O)N[C@H](c2ccccc2)C(F)(F)F)c1. The highest BCUT2D eigenvalue weighted by Crippen LogP contribution is 2.34. The molecule has 0 saturated carbocycles. The number of methoxy groups -OCH3 is 1. The molecular weight excluding hydrogens is 537 g/mol. The standard InChI is InChI=1S/C26H23F3N4O3S2/c1-14-22(38-15(2)30-14)20-13-37-25(31-20)32-21(34)11-16-9-18(12-19(10-16)36-3)24(35)33-23(26(27,28)29)17-7-5-4-6-8-17/h4-10,12-13,23H,11H2,1-3H3,(H,33,35)(H,31,32,34)/t23-/m1/s1. The van der Waals surface area contributed by atoms with E-state index in [1.165, 1.54) is 66.2 Å². The summed E-state index contributed by atoms with van der Waals surface area (Å²) in [4.78, 5) is 35.4. The molecule has 2 heterocycles. The molecule has 0 aliphatic heterocycles. The molecule has 1 atom stereocenters. The summed E-state index contributed by atoms with van der Waals surface area (Å²) in [6.45, 7) is 3.80. The Balaban J connectivity index is 1.49. The van der Waals surface area contributed by atoms with Gasteiger partial charge in [-0.15, -0.1) is 22.7 Å². The van der Waals surface area contributed by atoms with Crippen LogP contribution in [0.1, 0.15) is 38.2 Å². The predicted octanol–water partition coefficient (Wildman–Crippen LogP) is 6.11. The van der Waals surface area contributed by atoms with E-state index in [1.807, 2.05) is 19.2 Å². The normalized spacial score (nSPS) is 12.2. The average molecular weight is 561 g/mol. The van der Waals surface area contributed by atoms with Gasteiger partial charge < -0.3 is 15.4 Å². The van der Waals surface area contributed by atoms with Gasteiger partial charge in [0.2, 0.25) is 5.91 Å². The van der Waals surface area contributed by atoms with E-state index >= 15 is 0 Å². The molecule has 0 bridgehead atoms. The fourth-order valence-corrected chi connectivity index (χ4v) is 5.45. The third-order valence-electron chi connectivity index (χ3n) is 5.45. The Morgan fingerprint density at radius 3 is 2.45 bits per heavy atom. The van der Waals surface area contributed by atoms with Gasteiger partial charge in [0.1, 0.15) is 5.75 Å². The molecule has 4 rings (SSSR count). The van der Waals surface area contributed by atoms with Gasteiger partial charge in [0.25, 0.3) is 5.91 Å². The maximum Gasteiger partial charge on any atom is 0.412 e. The van der Waals surface area contributed by atoms with E-state index in [1.54, 1.807) is 12.1 Å². The van der Waals surface area contributed by atoms with E-state index < -0.39 is 24.0 Å². The molecule has 12 heteroatoms. The van der Waals surface area contributed by atoms with Gasteiger partial charge in [0.15, 0.2) is 11.2 Å². The molecule has 0 aliphatic rings. The Kier molecular flexibility index (Phi) is 8.12. The van der Waals surface area contributed by atoms with Gasteiger partial charge in [0.05, 0.1) is 34.8 Å². The maximum atomic E-state index is 13.7. The van der Waals surface area contributed by atoms with Gasteiger partial charge in [-0.2, -0.15) is 13.2 Å². The molecule has 198 valence electrons. The number of carbonyl (C=O) groups excluding carboxylic acids is 2. The molecule has 0 saturated heterocycles. The monoisotopic (exact) mass is 560 g/mol. The lowest BCUT2D eigenvalue weighted by atomic mass is 10.0. The van der Waals surface area contributed by atoms with Crippen molar-refractivity contribution < 1.29 is 27.5 Å². The zero-order valence-electron chi connectivity index (χ0n) is 20.6. The van der Waals surface area contributed by atoms with Gasteiger partial charge in [-0.25, -0.2) is 9.97 Å². The van der Waals surface area contributed by atoms with Gasteiger partial charge in [-0.05, 0) is 43.2 Å². The molecule has 2 aromatic carbocycles. The number of hydrogen-bond acceptors (Lipinski definition) is 7. The Morgan fingerprint density at radius 2 is 1.82 bits per heavy atom. The number of aryl methyl sites for hydroxylation is 2. The van der Waals surface area contributed by atoms with Crippen LogP contribution < -0.4 is 15.4 Å². The molecule has 0 unspecified atom stereocenters. The fraction of sp³-hybridized carbons (Fsp3) is 0.231. The first-order valence-electron chi connectivity index (χ1n) is 11.3. The summed E-state index contributed by atoms with van der Waals surface area (Å²) in [5.74, 6) is -1.12. The number of thiazole rings is 2. The number of rotatable bonds is 8. The molecule has 2 N–H and O–H groups in total. The number of carbonyl (C=O) groups is 2. The summed E-state index contributed by atoms with van der Waals surface area (Å²) >= 11 is 2.78. The summed E-state index contributed by atoms with van der Waals surface area (Å²) in [5, 5.41) is 7.92. The van der Waals surface area contributed by atoms with Crippen LogP contribution in [0, 0.1) is 13.8 Å². The summed E-state index contributed by atoms with van der Waals surface area (Å²) in [5.41, 5.74) is 1.80. The van der Waals surface area contributed by atoms with Crippen molar-refractivity contribution in [3.8, 4) is 16.3 Å². The summed E-state index contributed by atoms with van der Waals surface area (Å²) in [6.07, 6.45) is -4.85. The first-order chi connectivity index (χ1) is 18.0. The Bertz CT molecular complexity index is 1450. The topological polar surface area (TPSA) is 93.2 Å². The number of nitrogens with zero attached hydrogens (tertiary/aromatic N) is 2. The summed E-state index contributed by atoms with van der Waals surface area (Å²) in [7, 11) is 1.36. The van der Waals surface area contributed by atoms with E-state index in [4.69, 9.17) is 4.74 Å². The van der Waals surface area contributed by atoms with E-state index in [0.29, 0.717) is 16.4 Å². The first kappa shape index (κ1) is 27.3. The minimum absolute atomic E-state index is 0.0649. The van der Waals surface area contributed by atoms with E-state index in [0.717, 1.165) is 15.6 Å². The Labute approximate surface area is 224 Å². The summed E-state index contributed by atoms with van der Waals surface area (Å²) < 4.78 is 46.4. The molecule has 0 radical (unpaired) electrons. The highest BCUT2D eigenvalue weighted by Gasteiger charge is 2.42. The highest BCUT2D eigenvalue weighted by atomic mass is 32.1. The lowest BCUT2D eigenvalue weighted by Crippen LogP contribution is -2.38. The summed E-state index contributed by atoms with van der Waals surface area (Å²) in [6, 6.07) is 9.15. The number of benzene rings is 2. The molecule has 7 nitrogen and oxygen atoms in total. The third kappa shape index (κ3) is 6.56. The third-order valence-corrected chi connectivity index (χ3v) is 7.30. The average Bonchev–Trinajstić information content (AvgIpc) is 3.46. The number of ether oxygens (including phenoxy) is 1. The number of halogens is 3. The van der Waals surface area contributed by atoms with Crippen molar-refractivity contribution in [2.45, 2.75) is 32.5 Å². The molecule has 0 fully saturated rings. The quantitative estimate of drug-likeness (QED) is 0.271. The van der Waals surface area contributed by atoms with Crippen LogP contribution in [-0.4, -0.2) is 35.1 Å². The lowest BCUT2D eigenvalue weighted by Gasteiger charge is -2.22. The van der Waals surface area contributed by atoms with Crippen molar-refractivity contribution in [1.29, 1.82) is 0 Å². The smallest absolute Gasteiger partial charge is 0.412 e. The number of amides is 2. The van der Waals surface area contributed by atoms with Crippen LogP contribution in [0.2, 0.25) is 0 Å². The first-order valence-corrected chi connectivity index (χ1v) is 13.0. The predicted molar refractivity (Wildman–Crippen MR) is 141 cm³/mol. The zero-order valence-corrected chi connectivity index (χ0v) is 22.2. The minimum atomic E-state index is -4.71. The van der Waals surface area contributed by atoms with E-state index in [2.05, 4.69) is 20.6 Å². The number of nitrogens with one attached hydrogen (secondary N) is 2. The van der Waals surface area contributed by atoms with Gasteiger partial charge in [-0.3, -0.25) is 9.59 Å². The largest absolute Gasteiger partial charge is 0.497 e. The van der Waals surface area contributed by atoms with E-state index in [-0.39, 0.29) is 23.3 Å². The second-order valence-corrected chi connectivity index (χ2v) is 10.4. The lowest BCUT2D eigenvalue weighted by molar-refractivity contribution is -0.155. The number of alkyl halides is 3. The van der Waals surface area contributed by atoms with E-state index in [9.17, 15) is 22.8 Å². The Morgan fingerprint density at radius 1 is 1.08 bits per heavy atom. The van der Waals surface area contributed by atoms with Gasteiger partial charge >= 0.3 is 6.18 Å². The van der Waals surface area contributed by atoms with Gasteiger partial charge in [-0.1, -0.05) is 30.3 Å². The molecule has 4 aromatic rings. The molecule has 2 aromatic heterocycles. The maximum absolute atomic E-state index is 13.7. The van der Waals surface area contributed by atoms with Crippen LogP contribution >= 0.6 is 22.7 Å². The van der Waals surface area contributed by atoms with Crippen molar-refractivity contribution in [3.63, 3.8) is 0 Å². The fourth-order valence-electron chi connectivity index (χ4n) is 3.78. The number of hydrogen-bond donors (Lipinski definition) is 2. The van der Waals surface area contributed by atoms with Crippen LogP contribution in [0.3, 0.4) is 0 Å². The number of aromatic nitrogens is 2. The Hall–Kier alpha value is -3.77. The van der Waals surface area contributed by atoms with Crippen LogP contribution in [0.5, 0.6) is 5.75 Å². The zero-order chi connectivity index (χ0) is 27.4. The van der Waals surface area contributed by atoms with Crippen molar-refractivity contribution in [2.24, 2.45) is 0 Å². The molecular formula is C26H23F3N4O3S2. The van der Waals surface area contributed by atoms with Crippen LogP contribution in [0.4, 0.5) is 18.3 Å². The van der Waals surface area contributed by atoms with Crippen LogP contribution in [0.25, 0.3) is 10.6 Å². The number of anilines is 1. The molecule has 2 amide bonds. The van der Waals surface area contributed by atoms with Crippen molar-refractivity contribution in [1.82, 2.24) is 15.3 Å². The van der Waals surface area contributed by atoms with Crippen LogP contribution in [0.15, 0.2) is 53.9 Å². The highest BCUT2D eigenvalue weighted by molar-refractivity contribution is 7.16. The van der Waals surface area contributed by atoms with Gasteiger partial charge in [0, 0.05) is 10.9 Å². The molecule has 0 aliphatic carbocycles. The minimum Gasteiger partial charge on any atom is -0.497 e.